The molecule has 1 aromatic carbocycles. The summed E-state index contributed by atoms with van der Waals surface area (Å²) in [7, 11) is 1.78. The standard InChI is InChI=1S/C15H11N3O/c1-18-14-3-2-11(5-12(14)6-15(18)19)13-4-10(7-16)8-17-9-13/h2-5,8-9H,6H2,1H3. The predicted octanol–water partition coefficient (Wildman–Crippen LogP) is 2.14. The highest BCUT2D eigenvalue weighted by molar-refractivity contribution is 6.01. The lowest BCUT2D eigenvalue weighted by molar-refractivity contribution is -0.117. The van der Waals surface area contributed by atoms with Crippen molar-refractivity contribution < 1.29 is 4.79 Å². The van der Waals surface area contributed by atoms with Crippen LogP contribution in [0.25, 0.3) is 11.1 Å². The summed E-state index contributed by atoms with van der Waals surface area (Å²) < 4.78 is 0. The van der Waals surface area contributed by atoms with E-state index in [4.69, 9.17) is 5.26 Å². The Morgan fingerprint density at radius 3 is 2.89 bits per heavy atom. The molecule has 0 bridgehead atoms. The number of nitriles is 1. The number of pyridine rings is 1. The molecule has 92 valence electrons. The van der Waals surface area contributed by atoms with E-state index in [0.29, 0.717) is 12.0 Å². The van der Waals surface area contributed by atoms with Gasteiger partial charge in [-0.3, -0.25) is 9.78 Å². The van der Waals surface area contributed by atoms with E-state index in [-0.39, 0.29) is 5.91 Å². The van der Waals surface area contributed by atoms with Gasteiger partial charge < -0.3 is 4.90 Å². The number of aromatic nitrogens is 1. The van der Waals surface area contributed by atoms with Crippen molar-refractivity contribution in [2.75, 3.05) is 11.9 Å². The van der Waals surface area contributed by atoms with E-state index in [2.05, 4.69) is 11.1 Å². The Bertz CT molecular complexity index is 716. The summed E-state index contributed by atoms with van der Waals surface area (Å²) in [6.07, 6.45) is 3.70. The number of anilines is 1. The van der Waals surface area contributed by atoms with Gasteiger partial charge in [-0.15, -0.1) is 0 Å². The predicted molar refractivity (Wildman–Crippen MR) is 71.5 cm³/mol. The van der Waals surface area contributed by atoms with Gasteiger partial charge in [0.15, 0.2) is 0 Å². The summed E-state index contributed by atoms with van der Waals surface area (Å²) in [6, 6.07) is 9.76. The first-order valence-corrected chi connectivity index (χ1v) is 5.94. The molecule has 4 nitrogen and oxygen atoms in total. The second kappa shape index (κ2) is 4.21. The third-order valence-corrected chi connectivity index (χ3v) is 3.36. The number of amides is 1. The van der Waals surface area contributed by atoms with Crippen molar-refractivity contribution in [1.29, 1.82) is 5.26 Å². The highest BCUT2D eigenvalue weighted by atomic mass is 16.2. The molecule has 3 rings (SSSR count). The smallest absolute Gasteiger partial charge is 0.231 e. The molecule has 2 aromatic rings. The van der Waals surface area contributed by atoms with Gasteiger partial charge in [0.2, 0.25) is 5.91 Å². The highest BCUT2D eigenvalue weighted by Crippen LogP contribution is 2.31. The zero-order valence-corrected chi connectivity index (χ0v) is 10.4. The Labute approximate surface area is 110 Å². The topological polar surface area (TPSA) is 57.0 Å². The summed E-state index contributed by atoms with van der Waals surface area (Å²) >= 11 is 0. The van der Waals surface area contributed by atoms with E-state index < -0.39 is 0 Å². The van der Waals surface area contributed by atoms with Crippen LogP contribution in [0.15, 0.2) is 36.7 Å². The number of benzene rings is 1. The van der Waals surface area contributed by atoms with Crippen LogP contribution in [0.5, 0.6) is 0 Å². The molecule has 0 saturated heterocycles. The summed E-state index contributed by atoms with van der Waals surface area (Å²) in [5, 5.41) is 8.89. The minimum atomic E-state index is 0.107. The van der Waals surface area contributed by atoms with Crippen LogP contribution >= 0.6 is 0 Å². The molecule has 2 heterocycles. The second-order valence-corrected chi connectivity index (χ2v) is 4.55. The minimum Gasteiger partial charge on any atom is -0.315 e. The minimum absolute atomic E-state index is 0.107. The monoisotopic (exact) mass is 249 g/mol. The first-order valence-electron chi connectivity index (χ1n) is 5.94. The molecule has 1 amide bonds. The largest absolute Gasteiger partial charge is 0.315 e. The van der Waals surface area contributed by atoms with Crippen LogP contribution in [0.2, 0.25) is 0 Å². The number of carbonyl (C=O) groups excluding carboxylic acids is 1. The fraction of sp³-hybridized carbons (Fsp3) is 0.133. The zero-order chi connectivity index (χ0) is 13.4. The van der Waals surface area contributed by atoms with E-state index in [1.807, 2.05) is 18.2 Å². The van der Waals surface area contributed by atoms with Gasteiger partial charge in [-0.25, -0.2) is 0 Å². The normalized spacial score (nSPS) is 13.3. The second-order valence-electron chi connectivity index (χ2n) is 4.55. The first kappa shape index (κ1) is 11.4. The summed E-state index contributed by atoms with van der Waals surface area (Å²) in [6.45, 7) is 0. The van der Waals surface area contributed by atoms with Crippen molar-refractivity contribution in [3.8, 4) is 17.2 Å². The summed E-state index contributed by atoms with van der Waals surface area (Å²) in [5.74, 6) is 0.107. The Kier molecular flexibility index (Phi) is 2.53. The van der Waals surface area contributed by atoms with E-state index in [0.717, 1.165) is 22.4 Å². The van der Waals surface area contributed by atoms with E-state index in [9.17, 15) is 4.79 Å². The number of hydrogen-bond acceptors (Lipinski definition) is 3. The van der Waals surface area contributed by atoms with Crippen molar-refractivity contribution in [2.24, 2.45) is 0 Å². The molecule has 19 heavy (non-hydrogen) atoms. The molecule has 0 atom stereocenters. The van der Waals surface area contributed by atoms with Crippen molar-refractivity contribution >= 4 is 11.6 Å². The van der Waals surface area contributed by atoms with Crippen LogP contribution < -0.4 is 4.90 Å². The SMILES string of the molecule is CN1C(=O)Cc2cc(-c3cncc(C#N)c3)ccc21. The first-order chi connectivity index (χ1) is 9.19. The quantitative estimate of drug-likeness (QED) is 0.778. The Morgan fingerprint density at radius 1 is 1.26 bits per heavy atom. The fourth-order valence-electron chi connectivity index (χ4n) is 2.31. The number of fused-ring (bicyclic) bond motifs is 1. The molecular weight excluding hydrogens is 238 g/mol. The van der Waals surface area contributed by atoms with E-state index in [1.165, 1.54) is 6.20 Å². The molecule has 0 fully saturated rings. The number of hydrogen-bond donors (Lipinski definition) is 0. The van der Waals surface area contributed by atoms with E-state index in [1.54, 1.807) is 24.2 Å². The third kappa shape index (κ3) is 1.85. The maximum atomic E-state index is 11.6. The maximum Gasteiger partial charge on any atom is 0.231 e. The van der Waals surface area contributed by atoms with Gasteiger partial charge in [0, 0.05) is 30.7 Å². The summed E-state index contributed by atoms with van der Waals surface area (Å²) in [4.78, 5) is 17.4. The van der Waals surface area contributed by atoms with Gasteiger partial charge in [0.1, 0.15) is 6.07 Å². The number of likely N-dealkylation sites (N-methyl/N-ethyl adjacent to an activating group) is 1. The molecular formula is C15H11N3O. The number of nitrogens with zero attached hydrogens (tertiary/aromatic N) is 3. The Balaban J connectivity index is 2.06. The molecule has 0 spiro atoms. The number of rotatable bonds is 1. The van der Waals surface area contributed by atoms with Gasteiger partial charge in [-0.1, -0.05) is 6.07 Å². The van der Waals surface area contributed by atoms with Crippen LogP contribution in [0.1, 0.15) is 11.1 Å². The van der Waals surface area contributed by atoms with Crippen LogP contribution in [0.3, 0.4) is 0 Å². The molecule has 0 N–H and O–H groups in total. The lowest BCUT2D eigenvalue weighted by atomic mass is 10.0. The van der Waals surface area contributed by atoms with Crippen molar-refractivity contribution in [2.45, 2.75) is 6.42 Å². The van der Waals surface area contributed by atoms with Gasteiger partial charge in [0.05, 0.1) is 12.0 Å². The molecule has 0 unspecified atom stereocenters. The fourth-order valence-corrected chi connectivity index (χ4v) is 2.31. The molecule has 4 heteroatoms. The maximum absolute atomic E-state index is 11.6. The molecule has 1 aromatic heterocycles. The van der Waals surface area contributed by atoms with Crippen molar-refractivity contribution in [3.63, 3.8) is 0 Å². The molecule has 0 radical (unpaired) electrons. The summed E-state index contributed by atoms with van der Waals surface area (Å²) in [5.41, 5.74) is 4.38. The van der Waals surface area contributed by atoms with Crippen LogP contribution in [0.4, 0.5) is 5.69 Å². The molecule has 1 aliphatic rings. The van der Waals surface area contributed by atoms with Crippen molar-refractivity contribution in [3.05, 3.63) is 47.8 Å². The third-order valence-electron chi connectivity index (χ3n) is 3.36. The number of carbonyl (C=O) groups is 1. The average Bonchev–Trinajstić information content (AvgIpc) is 2.73. The van der Waals surface area contributed by atoms with Crippen molar-refractivity contribution in [1.82, 2.24) is 4.98 Å². The average molecular weight is 249 g/mol. The van der Waals surface area contributed by atoms with Crippen LogP contribution in [-0.4, -0.2) is 17.9 Å². The van der Waals surface area contributed by atoms with E-state index >= 15 is 0 Å². The van der Waals surface area contributed by atoms with Gasteiger partial charge in [0.25, 0.3) is 0 Å². The van der Waals surface area contributed by atoms with Gasteiger partial charge >= 0.3 is 0 Å². The van der Waals surface area contributed by atoms with Gasteiger partial charge in [-0.2, -0.15) is 5.26 Å². The lowest BCUT2D eigenvalue weighted by Gasteiger charge is -2.10. The van der Waals surface area contributed by atoms with Crippen LogP contribution in [-0.2, 0) is 11.2 Å². The Morgan fingerprint density at radius 2 is 2.11 bits per heavy atom. The highest BCUT2D eigenvalue weighted by Gasteiger charge is 2.23. The zero-order valence-electron chi connectivity index (χ0n) is 10.4. The molecule has 1 aliphatic heterocycles. The lowest BCUT2D eigenvalue weighted by Crippen LogP contribution is -2.20. The molecule has 0 saturated carbocycles. The van der Waals surface area contributed by atoms with Crippen LogP contribution in [0, 0.1) is 11.3 Å². The molecule has 0 aliphatic carbocycles. The Hall–Kier alpha value is -2.67. The van der Waals surface area contributed by atoms with Gasteiger partial charge in [-0.05, 0) is 29.3 Å².